The van der Waals surface area contributed by atoms with Gasteiger partial charge in [-0.15, -0.1) is 0 Å². The minimum Gasteiger partial charge on any atom is -0.462 e. The second-order valence-electron chi connectivity index (χ2n) is 11.0. The molecule has 2 N–H and O–H groups in total. The number of pyridine rings is 2. The van der Waals surface area contributed by atoms with Crippen molar-refractivity contribution in [2.45, 2.75) is 69.9 Å². The van der Waals surface area contributed by atoms with Gasteiger partial charge < -0.3 is 20.3 Å². The minimum atomic E-state index is -0.277. The van der Waals surface area contributed by atoms with Gasteiger partial charge in [0.1, 0.15) is 6.10 Å². The zero-order valence-corrected chi connectivity index (χ0v) is 21.5. The molecule has 0 bridgehead atoms. The highest BCUT2D eigenvalue weighted by Gasteiger charge is 2.42. The maximum Gasteiger partial charge on any atom is 0.306 e. The molecule has 2 aliphatic carbocycles. The predicted molar refractivity (Wildman–Crippen MR) is 143 cm³/mol. The molecule has 2 aromatic rings. The van der Waals surface area contributed by atoms with E-state index in [1.807, 2.05) is 17.2 Å². The number of anilines is 2. The van der Waals surface area contributed by atoms with E-state index in [2.05, 4.69) is 29.5 Å². The van der Waals surface area contributed by atoms with Crippen molar-refractivity contribution in [3.8, 4) is 11.1 Å². The normalized spacial score (nSPS) is 23.8. The monoisotopic (exact) mass is 501 g/mol. The maximum absolute atomic E-state index is 13.2. The van der Waals surface area contributed by atoms with E-state index in [1.165, 1.54) is 0 Å². The molecule has 2 aliphatic heterocycles. The van der Waals surface area contributed by atoms with Crippen molar-refractivity contribution in [2.24, 2.45) is 5.92 Å². The molecule has 2 aromatic heterocycles. The molecule has 2 atom stereocenters. The Kier molecular flexibility index (Phi) is 6.13. The van der Waals surface area contributed by atoms with Crippen LogP contribution in [0.15, 0.2) is 24.9 Å². The Morgan fingerprint density at radius 1 is 1.24 bits per heavy atom. The third kappa shape index (κ3) is 4.69. The molecule has 4 heterocycles. The second-order valence-corrected chi connectivity index (χ2v) is 11.0. The lowest BCUT2D eigenvalue weighted by Crippen LogP contribution is -2.57. The number of esters is 1. The van der Waals surface area contributed by atoms with E-state index in [0.29, 0.717) is 43.5 Å². The Morgan fingerprint density at radius 3 is 2.73 bits per heavy atom. The summed E-state index contributed by atoms with van der Waals surface area (Å²) < 4.78 is 5.32. The average molecular weight is 502 g/mol. The van der Waals surface area contributed by atoms with Gasteiger partial charge in [-0.2, -0.15) is 0 Å². The number of aromatic nitrogens is 2. The minimum absolute atomic E-state index is 0.0955. The summed E-state index contributed by atoms with van der Waals surface area (Å²) in [6, 6.07) is 4.22. The van der Waals surface area contributed by atoms with Crippen molar-refractivity contribution in [1.82, 2.24) is 14.9 Å². The summed E-state index contributed by atoms with van der Waals surface area (Å²) in [5.74, 6) is 1.71. The van der Waals surface area contributed by atoms with Crippen LogP contribution in [0.4, 0.5) is 11.5 Å². The van der Waals surface area contributed by atoms with E-state index in [-0.39, 0.29) is 30.4 Å². The summed E-state index contributed by atoms with van der Waals surface area (Å²) >= 11 is 0. The second kappa shape index (κ2) is 9.47. The van der Waals surface area contributed by atoms with Gasteiger partial charge in [0.15, 0.2) is 5.82 Å². The van der Waals surface area contributed by atoms with Crippen LogP contribution in [0, 0.1) is 12.8 Å². The number of carbonyl (C=O) groups is 2. The van der Waals surface area contributed by atoms with Crippen LogP contribution in [-0.2, 0) is 14.3 Å². The molecule has 4 aliphatic rings. The van der Waals surface area contributed by atoms with Crippen LogP contribution in [-0.4, -0.2) is 58.5 Å². The molecule has 8 heteroatoms. The number of ether oxygens (including phenoxy) is 1. The molecule has 194 valence electrons. The van der Waals surface area contributed by atoms with E-state index < -0.39 is 0 Å². The van der Waals surface area contributed by atoms with Crippen molar-refractivity contribution in [3.63, 3.8) is 0 Å². The molecule has 0 aromatic carbocycles. The fraction of sp³-hybridized carbons (Fsp3) is 0.517. The molecule has 0 radical (unpaired) electrons. The van der Waals surface area contributed by atoms with E-state index in [0.717, 1.165) is 66.1 Å². The Hall–Kier alpha value is -3.42. The molecule has 4 fully saturated rings. The smallest absolute Gasteiger partial charge is 0.306 e. The summed E-state index contributed by atoms with van der Waals surface area (Å²) in [5, 5.41) is 0. The maximum atomic E-state index is 13.2. The van der Waals surface area contributed by atoms with Gasteiger partial charge >= 0.3 is 5.97 Å². The summed E-state index contributed by atoms with van der Waals surface area (Å²) in [7, 11) is 0. The van der Waals surface area contributed by atoms with Gasteiger partial charge in [0, 0.05) is 43.7 Å². The van der Waals surface area contributed by atoms with E-state index in [4.69, 9.17) is 15.5 Å². The molecule has 37 heavy (non-hydrogen) atoms. The van der Waals surface area contributed by atoms with Gasteiger partial charge in [0.2, 0.25) is 5.91 Å². The Balaban J connectivity index is 1.28. The number of nitrogens with zero attached hydrogens (tertiary/aromatic N) is 4. The Bertz CT molecular complexity index is 1250. The number of cyclic esters (lactones) is 1. The highest BCUT2D eigenvalue weighted by Crippen LogP contribution is 2.48. The highest BCUT2D eigenvalue weighted by molar-refractivity contribution is 5.83. The number of amides is 1. The Labute approximate surface area is 217 Å². The number of hydrogen-bond donors (Lipinski definition) is 1. The van der Waals surface area contributed by atoms with E-state index in [9.17, 15) is 9.59 Å². The number of nitrogen functional groups attached to an aromatic ring is 1. The summed E-state index contributed by atoms with van der Waals surface area (Å²) in [6.07, 6.45) is 9.20. The summed E-state index contributed by atoms with van der Waals surface area (Å²) in [4.78, 5) is 38.7. The molecule has 2 saturated heterocycles. The number of piperazine rings is 1. The van der Waals surface area contributed by atoms with Crippen LogP contribution < -0.4 is 10.6 Å². The largest absolute Gasteiger partial charge is 0.462 e. The molecule has 0 spiro atoms. The SMILES string of the molecule is C=Cc1cc(-c2c(C3CC3)nc(N3CCN(C(=O)CC4CCC(=O)O4)[C@H](C4CC4)C3)c(N)c2C)ccn1. The first-order valence-corrected chi connectivity index (χ1v) is 13.6. The fourth-order valence-corrected chi connectivity index (χ4v) is 5.93. The van der Waals surface area contributed by atoms with E-state index in [1.54, 1.807) is 6.08 Å². The van der Waals surface area contributed by atoms with Crippen molar-refractivity contribution in [1.29, 1.82) is 0 Å². The molecular formula is C29H35N5O3. The molecule has 8 nitrogen and oxygen atoms in total. The molecule has 1 amide bonds. The van der Waals surface area contributed by atoms with E-state index >= 15 is 0 Å². The van der Waals surface area contributed by atoms with Crippen LogP contribution in [0.5, 0.6) is 0 Å². The lowest BCUT2D eigenvalue weighted by atomic mass is 9.95. The highest BCUT2D eigenvalue weighted by atomic mass is 16.5. The predicted octanol–water partition coefficient (Wildman–Crippen LogP) is 4.08. The van der Waals surface area contributed by atoms with Crippen molar-refractivity contribution in [3.05, 3.63) is 41.9 Å². The number of rotatable bonds is 7. The lowest BCUT2D eigenvalue weighted by Gasteiger charge is -2.43. The van der Waals surface area contributed by atoms with Gasteiger partial charge in [-0.25, -0.2) is 4.98 Å². The first-order chi connectivity index (χ1) is 17.9. The van der Waals surface area contributed by atoms with Crippen LogP contribution in [0.3, 0.4) is 0 Å². The zero-order valence-electron chi connectivity index (χ0n) is 21.5. The topological polar surface area (TPSA) is 102 Å². The van der Waals surface area contributed by atoms with Crippen LogP contribution >= 0.6 is 0 Å². The van der Waals surface area contributed by atoms with Crippen LogP contribution in [0.2, 0.25) is 0 Å². The van der Waals surface area contributed by atoms with Crippen LogP contribution in [0.25, 0.3) is 17.2 Å². The van der Waals surface area contributed by atoms with Gasteiger partial charge in [-0.05, 0) is 74.3 Å². The lowest BCUT2D eigenvalue weighted by molar-refractivity contribution is -0.144. The summed E-state index contributed by atoms with van der Waals surface area (Å²) in [5.41, 5.74) is 12.7. The molecular weight excluding hydrogens is 466 g/mol. The summed E-state index contributed by atoms with van der Waals surface area (Å²) in [6.45, 7) is 8.02. The number of carbonyl (C=O) groups excluding carboxylic acids is 2. The van der Waals surface area contributed by atoms with Crippen molar-refractivity contribution in [2.75, 3.05) is 30.3 Å². The third-order valence-corrected chi connectivity index (χ3v) is 8.32. The Morgan fingerprint density at radius 2 is 2.05 bits per heavy atom. The number of hydrogen-bond acceptors (Lipinski definition) is 7. The van der Waals surface area contributed by atoms with Crippen LogP contribution in [0.1, 0.15) is 67.8 Å². The average Bonchev–Trinajstić information content (AvgIpc) is 3.83. The molecule has 1 unspecified atom stereocenters. The van der Waals surface area contributed by atoms with Gasteiger partial charge in [0.05, 0.1) is 29.5 Å². The van der Waals surface area contributed by atoms with Gasteiger partial charge in [0.25, 0.3) is 0 Å². The standard InChI is InChI=1S/C29H35N5O3/c1-3-21-14-20(10-11-31-21)26-17(2)27(30)29(32-28(26)19-6-7-19)33-12-13-34(23(16-33)18-4-5-18)24(35)15-22-8-9-25(36)37-22/h3,10-11,14,18-19,22-23H,1,4-9,12-13,15-16,30H2,2H3/t22?,23-/m0/s1. The first kappa shape index (κ1) is 23.9. The third-order valence-electron chi connectivity index (χ3n) is 8.32. The van der Waals surface area contributed by atoms with Crippen molar-refractivity contribution < 1.29 is 14.3 Å². The zero-order chi connectivity index (χ0) is 25.7. The number of nitrogens with two attached hydrogens (primary N) is 1. The molecule has 6 rings (SSSR count). The van der Waals surface area contributed by atoms with Gasteiger partial charge in [-0.3, -0.25) is 14.6 Å². The first-order valence-electron chi connectivity index (χ1n) is 13.6. The van der Waals surface area contributed by atoms with Crippen molar-refractivity contribution >= 4 is 29.5 Å². The van der Waals surface area contributed by atoms with Gasteiger partial charge in [-0.1, -0.05) is 6.58 Å². The quantitative estimate of drug-likeness (QED) is 0.571. The fourth-order valence-electron chi connectivity index (χ4n) is 5.93. The molecule has 2 saturated carbocycles.